The van der Waals surface area contributed by atoms with Crippen molar-refractivity contribution in [2.45, 2.75) is 13.0 Å². The maximum atomic E-state index is 5.97. The summed E-state index contributed by atoms with van der Waals surface area (Å²) in [5.74, 6) is 0. The zero-order valence-electron chi connectivity index (χ0n) is 7.07. The Balaban J connectivity index is 3.04. The molecule has 1 atom stereocenters. The molecule has 3 heteroatoms. The minimum Gasteiger partial charge on any atom is -0.313 e. The maximum absolute atomic E-state index is 5.97. The third kappa shape index (κ3) is 2.13. The van der Waals surface area contributed by atoms with Crippen LogP contribution < -0.4 is 5.32 Å². The van der Waals surface area contributed by atoms with E-state index in [2.05, 4.69) is 5.32 Å². The summed E-state index contributed by atoms with van der Waals surface area (Å²) in [6.45, 7) is 2.04. The van der Waals surface area contributed by atoms with Crippen LogP contribution in [0.2, 0.25) is 10.0 Å². The predicted octanol–water partition coefficient (Wildman–Crippen LogP) is 3.27. The van der Waals surface area contributed by atoms with E-state index in [1.54, 1.807) is 6.07 Å². The molecule has 0 amide bonds. The van der Waals surface area contributed by atoms with Crippen LogP contribution in [-0.2, 0) is 0 Å². The van der Waals surface area contributed by atoms with E-state index in [0.29, 0.717) is 0 Å². The third-order valence-electron chi connectivity index (χ3n) is 1.86. The average molecular weight is 204 g/mol. The van der Waals surface area contributed by atoms with Gasteiger partial charge in [-0.05, 0) is 37.7 Å². The lowest BCUT2D eigenvalue weighted by molar-refractivity contribution is 0.652. The van der Waals surface area contributed by atoms with Gasteiger partial charge in [0.1, 0.15) is 0 Å². The van der Waals surface area contributed by atoms with Gasteiger partial charge >= 0.3 is 0 Å². The highest BCUT2D eigenvalue weighted by Crippen LogP contribution is 2.25. The Kier molecular flexibility index (Phi) is 3.39. The topological polar surface area (TPSA) is 12.0 Å². The first-order chi connectivity index (χ1) is 5.65. The average Bonchev–Trinajstić information content (AvgIpc) is 2.08. The fourth-order valence-corrected chi connectivity index (χ4v) is 1.46. The first kappa shape index (κ1) is 9.85. The van der Waals surface area contributed by atoms with Gasteiger partial charge in [-0.25, -0.2) is 0 Å². The molecule has 1 N–H and O–H groups in total. The van der Waals surface area contributed by atoms with Crippen molar-refractivity contribution in [2.75, 3.05) is 7.05 Å². The smallest absolute Gasteiger partial charge is 0.0454 e. The van der Waals surface area contributed by atoms with E-state index >= 15 is 0 Å². The fraction of sp³-hybridized carbons (Fsp3) is 0.333. The van der Waals surface area contributed by atoms with Crippen molar-refractivity contribution >= 4 is 23.2 Å². The molecule has 1 nitrogen and oxygen atoms in total. The van der Waals surface area contributed by atoms with Crippen LogP contribution in [0, 0.1) is 0 Å². The first-order valence-corrected chi connectivity index (χ1v) is 4.53. The monoisotopic (exact) mass is 203 g/mol. The maximum Gasteiger partial charge on any atom is 0.0454 e. The van der Waals surface area contributed by atoms with Gasteiger partial charge in [0.15, 0.2) is 0 Å². The molecule has 0 heterocycles. The number of nitrogens with one attached hydrogen (secondary N) is 1. The van der Waals surface area contributed by atoms with Gasteiger partial charge in [-0.3, -0.25) is 0 Å². The van der Waals surface area contributed by atoms with Crippen molar-refractivity contribution in [3.63, 3.8) is 0 Å². The molecule has 0 bridgehead atoms. The molecule has 0 spiro atoms. The van der Waals surface area contributed by atoms with Gasteiger partial charge in [0.05, 0.1) is 0 Å². The zero-order chi connectivity index (χ0) is 9.14. The summed E-state index contributed by atoms with van der Waals surface area (Å²) in [5, 5.41) is 4.58. The molecular formula is C9H11Cl2N. The van der Waals surface area contributed by atoms with Crippen molar-refractivity contribution in [3.8, 4) is 0 Å². The number of halogens is 2. The van der Waals surface area contributed by atoms with Crippen molar-refractivity contribution in [1.82, 2.24) is 5.32 Å². The van der Waals surface area contributed by atoms with E-state index in [-0.39, 0.29) is 6.04 Å². The second-order valence-electron chi connectivity index (χ2n) is 2.68. The van der Waals surface area contributed by atoms with Crippen molar-refractivity contribution in [1.29, 1.82) is 0 Å². The van der Waals surface area contributed by atoms with Crippen molar-refractivity contribution in [3.05, 3.63) is 33.8 Å². The summed E-state index contributed by atoms with van der Waals surface area (Å²) in [7, 11) is 1.89. The van der Waals surface area contributed by atoms with Crippen LogP contribution in [-0.4, -0.2) is 7.05 Å². The summed E-state index contributed by atoms with van der Waals surface area (Å²) in [5.41, 5.74) is 1.03. The molecule has 1 aromatic carbocycles. The molecule has 0 aliphatic rings. The lowest BCUT2D eigenvalue weighted by Gasteiger charge is -2.12. The van der Waals surface area contributed by atoms with E-state index in [1.165, 1.54) is 0 Å². The zero-order valence-corrected chi connectivity index (χ0v) is 8.58. The largest absolute Gasteiger partial charge is 0.313 e. The summed E-state index contributed by atoms with van der Waals surface area (Å²) in [6, 6.07) is 5.71. The normalized spacial score (nSPS) is 13.0. The lowest BCUT2D eigenvalue weighted by Crippen LogP contribution is -2.12. The number of hydrogen-bond donors (Lipinski definition) is 1. The summed E-state index contributed by atoms with van der Waals surface area (Å²) < 4.78 is 0. The molecule has 0 aliphatic carbocycles. The lowest BCUT2D eigenvalue weighted by atomic mass is 10.1. The first-order valence-electron chi connectivity index (χ1n) is 3.77. The Morgan fingerprint density at radius 1 is 1.33 bits per heavy atom. The second-order valence-corrected chi connectivity index (χ2v) is 3.52. The Bertz CT molecular complexity index is 273. The van der Waals surface area contributed by atoms with Crippen LogP contribution in [0.25, 0.3) is 0 Å². The van der Waals surface area contributed by atoms with Gasteiger partial charge in [0.2, 0.25) is 0 Å². The Morgan fingerprint density at radius 2 is 2.00 bits per heavy atom. The second kappa shape index (κ2) is 4.13. The van der Waals surface area contributed by atoms with E-state index in [1.807, 2.05) is 26.1 Å². The summed E-state index contributed by atoms with van der Waals surface area (Å²) >= 11 is 11.8. The molecule has 12 heavy (non-hydrogen) atoms. The summed E-state index contributed by atoms with van der Waals surface area (Å²) in [4.78, 5) is 0. The molecule has 0 aliphatic heterocycles. The van der Waals surface area contributed by atoms with E-state index in [0.717, 1.165) is 15.6 Å². The molecule has 0 saturated carbocycles. The number of rotatable bonds is 2. The molecular weight excluding hydrogens is 193 g/mol. The van der Waals surface area contributed by atoms with Gasteiger partial charge in [-0.15, -0.1) is 0 Å². The highest BCUT2D eigenvalue weighted by molar-refractivity contribution is 6.33. The van der Waals surface area contributed by atoms with Gasteiger partial charge in [-0.2, -0.15) is 0 Å². The standard InChI is InChI=1S/C9H11Cl2N/c1-6(12-2)8-5-7(10)3-4-9(8)11/h3-6,12H,1-2H3. The SMILES string of the molecule is CNC(C)c1cc(Cl)ccc1Cl. The molecule has 0 saturated heterocycles. The minimum absolute atomic E-state index is 0.233. The van der Waals surface area contributed by atoms with E-state index < -0.39 is 0 Å². The molecule has 66 valence electrons. The highest BCUT2D eigenvalue weighted by Gasteiger charge is 2.07. The van der Waals surface area contributed by atoms with Gasteiger partial charge < -0.3 is 5.32 Å². The molecule has 1 unspecified atom stereocenters. The third-order valence-corrected chi connectivity index (χ3v) is 2.44. The van der Waals surface area contributed by atoms with Crippen LogP contribution >= 0.6 is 23.2 Å². The molecule has 0 radical (unpaired) electrons. The van der Waals surface area contributed by atoms with Crippen LogP contribution in [0.4, 0.5) is 0 Å². The van der Waals surface area contributed by atoms with Crippen LogP contribution in [0.5, 0.6) is 0 Å². The highest BCUT2D eigenvalue weighted by atomic mass is 35.5. The number of benzene rings is 1. The Morgan fingerprint density at radius 3 is 2.58 bits per heavy atom. The molecule has 1 rings (SSSR count). The van der Waals surface area contributed by atoms with Crippen LogP contribution in [0.1, 0.15) is 18.5 Å². The fourth-order valence-electron chi connectivity index (χ4n) is 1.00. The molecule has 1 aromatic rings. The van der Waals surface area contributed by atoms with Gasteiger partial charge in [0, 0.05) is 16.1 Å². The summed E-state index contributed by atoms with van der Waals surface area (Å²) in [6.07, 6.45) is 0. The Hall–Kier alpha value is -0.240. The van der Waals surface area contributed by atoms with Crippen molar-refractivity contribution < 1.29 is 0 Å². The Labute approximate surface area is 82.7 Å². The van der Waals surface area contributed by atoms with E-state index in [4.69, 9.17) is 23.2 Å². The molecule has 0 fully saturated rings. The predicted molar refractivity (Wildman–Crippen MR) is 53.9 cm³/mol. The quantitative estimate of drug-likeness (QED) is 0.779. The van der Waals surface area contributed by atoms with E-state index in [9.17, 15) is 0 Å². The molecule has 0 aromatic heterocycles. The van der Waals surface area contributed by atoms with Gasteiger partial charge in [-0.1, -0.05) is 23.2 Å². The van der Waals surface area contributed by atoms with Crippen LogP contribution in [0.15, 0.2) is 18.2 Å². The van der Waals surface area contributed by atoms with Crippen molar-refractivity contribution in [2.24, 2.45) is 0 Å². The van der Waals surface area contributed by atoms with Crippen LogP contribution in [0.3, 0.4) is 0 Å². The van der Waals surface area contributed by atoms with Gasteiger partial charge in [0.25, 0.3) is 0 Å². The minimum atomic E-state index is 0.233. The number of hydrogen-bond acceptors (Lipinski definition) is 1.